The Labute approximate surface area is 185 Å². The van der Waals surface area contributed by atoms with Crippen molar-refractivity contribution < 1.29 is 31.1 Å². The zero-order valence-electron chi connectivity index (χ0n) is 16.5. The number of hydrogen-bond donors (Lipinski definition) is 2. The second kappa shape index (κ2) is 9.33. The summed E-state index contributed by atoms with van der Waals surface area (Å²) < 4.78 is 77.4. The Morgan fingerprint density at radius 2 is 1.62 bits per heavy atom. The maximum atomic E-state index is 13.3. The van der Waals surface area contributed by atoms with E-state index in [9.17, 15) is 21.6 Å². The van der Waals surface area contributed by atoms with Gasteiger partial charge in [0.2, 0.25) is 9.84 Å². The van der Waals surface area contributed by atoms with Gasteiger partial charge in [-0.3, -0.25) is 0 Å². The largest absolute Gasteiger partial charge is 0.488 e. The topological polar surface area (TPSA) is 128 Å². The summed E-state index contributed by atoms with van der Waals surface area (Å²) in [6, 6.07) is 8.25. The van der Waals surface area contributed by atoms with Gasteiger partial charge >= 0.3 is 6.18 Å². The number of rotatable bonds is 8. The zero-order valence-corrected chi connectivity index (χ0v) is 18.1. The number of hydrogen-bond acceptors (Lipinski definition) is 8. The molecule has 170 valence electrons. The Bertz CT molecular complexity index is 1240. The summed E-state index contributed by atoms with van der Waals surface area (Å²) in [5, 5.41) is 9.43. The first-order chi connectivity index (χ1) is 15.1. The average Bonchev–Trinajstić information content (AvgIpc) is 3.18. The molecule has 2 aromatic carbocycles. The van der Waals surface area contributed by atoms with Gasteiger partial charge in [-0.1, -0.05) is 0 Å². The lowest BCUT2D eigenvalue weighted by Gasteiger charge is -2.12. The van der Waals surface area contributed by atoms with Gasteiger partial charge in [-0.05, 0) is 35.7 Å². The average molecular weight is 486 g/mol. The van der Waals surface area contributed by atoms with E-state index in [4.69, 9.17) is 26.2 Å². The maximum Gasteiger partial charge on any atom is 0.417 e. The summed E-state index contributed by atoms with van der Waals surface area (Å²) in [7, 11) is -4.28. The third-order valence-electron chi connectivity index (χ3n) is 4.30. The fourth-order valence-electron chi connectivity index (χ4n) is 2.86. The van der Waals surface area contributed by atoms with E-state index in [0.29, 0.717) is 27.7 Å². The van der Waals surface area contributed by atoms with Gasteiger partial charge < -0.3 is 20.9 Å². The highest BCUT2D eigenvalue weighted by Crippen LogP contribution is 2.40. The highest BCUT2D eigenvalue weighted by Gasteiger charge is 2.35. The first-order valence-corrected chi connectivity index (χ1v) is 11.5. The van der Waals surface area contributed by atoms with Crippen LogP contribution in [-0.4, -0.2) is 34.7 Å². The number of nitrogens with zero attached hydrogens (tertiary/aromatic N) is 1. The van der Waals surface area contributed by atoms with E-state index in [1.54, 1.807) is 12.1 Å². The van der Waals surface area contributed by atoms with Gasteiger partial charge in [0, 0.05) is 23.9 Å². The number of alkyl halides is 3. The zero-order chi connectivity index (χ0) is 23.5. The molecular formula is C20H18F3N3O4S2. The highest BCUT2D eigenvalue weighted by atomic mass is 32.2. The Morgan fingerprint density at radius 3 is 2.19 bits per heavy atom. The standard InChI is InChI=1S/C20H18F3N3O4S2/c21-20(22,23)15-9-14(2-1-12(15)11-26)32(27,28)19-8-13-7-16(29-5-3-24)17(30-6-4-25)10-18(13)31-19/h1-2,7-10H,3-6,24-25H2. The number of nitriles is 1. The molecule has 32 heavy (non-hydrogen) atoms. The Balaban J connectivity index is 2.10. The van der Waals surface area contributed by atoms with Gasteiger partial charge in [0.1, 0.15) is 17.4 Å². The lowest BCUT2D eigenvalue weighted by Crippen LogP contribution is -2.13. The Kier molecular flexibility index (Phi) is 6.94. The molecule has 3 aromatic rings. The number of benzene rings is 2. The number of ether oxygens (including phenoxy) is 2. The van der Waals surface area contributed by atoms with Crippen LogP contribution >= 0.6 is 11.3 Å². The quantitative estimate of drug-likeness (QED) is 0.501. The summed E-state index contributed by atoms with van der Waals surface area (Å²) >= 11 is 0.877. The highest BCUT2D eigenvalue weighted by molar-refractivity contribution is 7.93. The van der Waals surface area contributed by atoms with Crippen LogP contribution in [0.1, 0.15) is 11.1 Å². The van der Waals surface area contributed by atoms with Crippen molar-refractivity contribution in [3.8, 4) is 17.6 Å². The van der Waals surface area contributed by atoms with Crippen molar-refractivity contribution in [2.45, 2.75) is 15.3 Å². The third kappa shape index (κ3) is 4.81. The van der Waals surface area contributed by atoms with E-state index < -0.39 is 32.0 Å². The first-order valence-electron chi connectivity index (χ1n) is 9.21. The summed E-state index contributed by atoms with van der Waals surface area (Å²) in [6.07, 6.45) is -4.87. The van der Waals surface area contributed by atoms with Crippen LogP contribution in [0.2, 0.25) is 0 Å². The predicted molar refractivity (Wildman–Crippen MR) is 113 cm³/mol. The van der Waals surface area contributed by atoms with E-state index >= 15 is 0 Å². The number of halogens is 3. The SMILES string of the molecule is N#Cc1ccc(S(=O)(=O)c2cc3cc(OCCN)c(OCCN)cc3s2)cc1C(F)(F)F. The van der Waals surface area contributed by atoms with Crippen molar-refractivity contribution in [3.63, 3.8) is 0 Å². The molecule has 7 nitrogen and oxygen atoms in total. The minimum atomic E-state index is -4.87. The molecule has 0 saturated heterocycles. The van der Waals surface area contributed by atoms with Crippen LogP contribution in [0.15, 0.2) is 45.5 Å². The molecule has 4 N–H and O–H groups in total. The predicted octanol–water partition coefficient (Wildman–Crippen LogP) is 3.30. The maximum absolute atomic E-state index is 13.3. The molecule has 0 aliphatic heterocycles. The molecule has 0 amide bonds. The molecule has 0 radical (unpaired) electrons. The molecule has 1 aromatic heterocycles. The lowest BCUT2D eigenvalue weighted by atomic mass is 10.1. The molecule has 0 fully saturated rings. The number of thiophene rings is 1. The molecule has 12 heteroatoms. The molecule has 0 spiro atoms. The fourth-order valence-corrected chi connectivity index (χ4v) is 5.69. The summed E-state index contributed by atoms with van der Waals surface area (Å²) in [6.45, 7) is 0.897. The first kappa shape index (κ1) is 23.8. The minimum Gasteiger partial charge on any atom is -0.488 e. The molecule has 0 saturated carbocycles. The molecule has 0 bridgehead atoms. The van der Waals surface area contributed by atoms with Crippen molar-refractivity contribution in [3.05, 3.63) is 47.5 Å². The number of sulfone groups is 1. The van der Waals surface area contributed by atoms with E-state index in [0.717, 1.165) is 23.5 Å². The molecule has 0 atom stereocenters. The van der Waals surface area contributed by atoms with Gasteiger partial charge in [0.15, 0.2) is 11.5 Å². The Hall–Kier alpha value is -2.85. The van der Waals surface area contributed by atoms with Crippen LogP contribution in [0.3, 0.4) is 0 Å². The lowest BCUT2D eigenvalue weighted by molar-refractivity contribution is -0.137. The minimum absolute atomic E-state index is 0.161. The number of nitrogens with two attached hydrogens (primary N) is 2. The normalized spacial score (nSPS) is 12.0. The molecule has 0 aliphatic rings. The molecule has 1 heterocycles. The van der Waals surface area contributed by atoms with Crippen LogP contribution in [0.5, 0.6) is 11.5 Å². The molecular weight excluding hydrogens is 467 g/mol. The van der Waals surface area contributed by atoms with Gasteiger partial charge in [-0.25, -0.2) is 8.42 Å². The van der Waals surface area contributed by atoms with Gasteiger partial charge in [-0.15, -0.1) is 11.3 Å². The van der Waals surface area contributed by atoms with Gasteiger partial charge in [-0.2, -0.15) is 18.4 Å². The van der Waals surface area contributed by atoms with Gasteiger partial charge in [0.05, 0.1) is 22.1 Å². The summed E-state index contributed by atoms with van der Waals surface area (Å²) in [5.74, 6) is 0.691. The van der Waals surface area contributed by atoms with E-state index in [1.165, 1.54) is 12.1 Å². The second-order valence-corrected chi connectivity index (χ2v) is 9.76. The van der Waals surface area contributed by atoms with E-state index in [2.05, 4.69) is 0 Å². The van der Waals surface area contributed by atoms with E-state index in [1.807, 2.05) is 0 Å². The van der Waals surface area contributed by atoms with Crippen LogP contribution in [0, 0.1) is 11.3 Å². The molecule has 0 unspecified atom stereocenters. The van der Waals surface area contributed by atoms with Crippen molar-refractivity contribution in [2.24, 2.45) is 11.5 Å². The van der Waals surface area contributed by atoms with Crippen LogP contribution in [-0.2, 0) is 16.0 Å². The van der Waals surface area contributed by atoms with E-state index in [-0.39, 0.29) is 30.5 Å². The van der Waals surface area contributed by atoms with Gasteiger partial charge in [0.25, 0.3) is 0 Å². The Morgan fingerprint density at radius 1 is 1.00 bits per heavy atom. The van der Waals surface area contributed by atoms with Crippen LogP contribution in [0.25, 0.3) is 10.1 Å². The van der Waals surface area contributed by atoms with Crippen molar-refractivity contribution >= 4 is 31.3 Å². The van der Waals surface area contributed by atoms with Crippen molar-refractivity contribution in [1.82, 2.24) is 0 Å². The van der Waals surface area contributed by atoms with Crippen LogP contribution < -0.4 is 20.9 Å². The van der Waals surface area contributed by atoms with Crippen LogP contribution in [0.4, 0.5) is 13.2 Å². The number of fused-ring (bicyclic) bond motifs is 1. The summed E-state index contributed by atoms with van der Waals surface area (Å²) in [5.41, 5.74) is 8.97. The smallest absolute Gasteiger partial charge is 0.417 e. The third-order valence-corrected chi connectivity index (χ3v) is 7.63. The summed E-state index contributed by atoms with van der Waals surface area (Å²) in [4.78, 5) is -0.561. The second-order valence-electron chi connectivity index (χ2n) is 6.50. The van der Waals surface area contributed by atoms with Crippen molar-refractivity contribution in [2.75, 3.05) is 26.3 Å². The van der Waals surface area contributed by atoms with Crippen molar-refractivity contribution in [1.29, 1.82) is 5.26 Å². The fraction of sp³-hybridized carbons (Fsp3) is 0.250. The molecule has 3 rings (SSSR count). The molecule has 0 aliphatic carbocycles. The monoisotopic (exact) mass is 485 g/mol.